The third kappa shape index (κ3) is 14.7. The number of nitrogens with one attached hydrogen (secondary N) is 1. The fraction of sp³-hybridized carbons (Fsp3) is 0.396. The SMILES string of the molecule is C.C.C.CC[C@@]1(O)C(=O)Cc2c1cc1n(c2=O)Cc2cc3cc4c(cc3nc2-1)OCO4.CC[C@@]1(O)C(=O)OCc2c1cc1n(c2=O)Cc2c-1nc1cc3c(cc1c2N1CCN(C)CC1)OCCO3.CC[C@@]1(O)C(=O)OCc2c1cc1n(c2=O)Cc2c-1nc1ccccc1c2/C=N/OC(C)(C)C.CC[C@@]1(O)C(=O)OCc2c1cc1n(c2=O)Cc2c-1nc1ccccc1c2CCNC(C)C. The Hall–Kier alpha value is -13.4. The molecular formula is C101H108N12O20. The molecule has 0 bridgehead atoms. The van der Waals surface area contributed by atoms with Crippen LogP contribution in [0.15, 0.2) is 127 Å². The molecule has 10 aliphatic heterocycles. The second-order valence-corrected chi connectivity index (χ2v) is 36.0. The zero-order valence-electron chi connectivity index (χ0n) is 73.6. The predicted molar refractivity (Wildman–Crippen MR) is 499 cm³/mol. The van der Waals surface area contributed by atoms with Crippen molar-refractivity contribution in [3.8, 4) is 68.5 Å². The molecule has 23 rings (SSSR count). The van der Waals surface area contributed by atoms with Gasteiger partial charge in [0.05, 0.1) is 122 Å². The van der Waals surface area contributed by atoms with E-state index < -0.39 is 45.9 Å². The van der Waals surface area contributed by atoms with Crippen LogP contribution in [0.25, 0.3) is 89.2 Å². The number of benzene rings is 4. The van der Waals surface area contributed by atoms with Gasteiger partial charge >= 0.3 is 17.9 Å². The van der Waals surface area contributed by atoms with Crippen LogP contribution in [0, 0.1) is 0 Å². The van der Waals surface area contributed by atoms with Crippen LogP contribution in [0.1, 0.15) is 188 Å². The van der Waals surface area contributed by atoms with Crippen molar-refractivity contribution in [2.75, 3.05) is 64.7 Å². The summed E-state index contributed by atoms with van der Waals surface area (Å²) in [6.07, 6.45) is 3.03. The maximum absolute atomic E-state index is 13.7. The molecule has 4 aromatic carbocycles. The lowest BCUT2D eigenvalue weighted by molar-refractivity contribution is -0.172. The molecule has 1 fully saturated rings. The Morgan fingerprint density at radius 3 is 1.45 bits per heavy atom. The zero-order valence-corrected chi connectivity index (χ0v) is 73.6. The molecule has 8 aromatic heterocycles. The van der Waals surface area contributed by atoms with Gasteiger partial charge in [-0.3, -0.25) is 24.0 Å². The number of hydrogen-bond donors (Lipinski definition) is 5. The second-order valence-electron chi connectivity index (χ2n) is 36.0. The Bertz CT molecular complexity index is 7240. The van der Waals surface area contributed by atoms with Crippen LogP contribution < -0.4 is 51.4 Å². The van der Waals surface area contributed by atoms with Crippen molar-refractivity contribution in [3.63, 3.8) is 0 Å². The van der Waals surface area contributed by atoms with Crippen molar-refractivity contribution in [2.24, 2.45) is 5.16 Å². The maximum atomic E-state index is 13.7. The van der Waals surface area contributed by atoms with Gasteiger partial charge in [0, 0.05) is 128 Å². The number of aromatic nitrogens is 8. The van der Waals surface area contributed by atoms with Gasteiger partial charge < -0.3 is 91.8 Å². The number of carbonyl (C=O) groups is 4. The highest BCUT2D eigenvalue weighted by Crippen LogP contribution is 2.50. The number of oxime groups is 1. The number of carbonyl (C=O) groups excluding carboxylic acids is 4. The zero-order chi connectivity index (χ0) is 90.8. The molecule has 11 aliphatic rings. The van der Waals surface area contributed by atoms with Crippen LogP contribution in [0.3, 0.4) is 0 Å². The van der Waals surface area contributed by atoms with Crippen molar-refractivity contribution >= 4 is 79.2 Å². The van der Waals surface area contributed by atoms with E-state index in [1.165, 1.54) is 5.56 Å². The smallest absolute Gasteiger partial charge is 0.343 e. The first kappa shape index (κ1) is 91.5. The average molecular weight is 1810 g/mol. The summed E-state index contributed by atoms with van der Waals surface area (Å²) >= 11 is 0. The monoisotopic (exact) mass is 1810 g/mol. The van der Waals surface area contributed by atoms with Crippen LogP contribution in [-0.2, 0) is 119 Å². The molecular weight excluding hydrogens is 1700 g/mol. The molecule has 0 unspecified atom stereocenters. The number of ketones is 1. The van der Waals surface area contributed by atoms with Crippen LogP contribution >= 0.6 is 0 Å². The molecule has 0 saturated carbocycles. The molecule has 0 amide bonds. The van der Waals surface area contributed by atoms with E-state index >= 15 is 0 Å². The summed E-state index contributed by atoms with van der Waals surface area (Å²) in [5, 5.41) is 55.7. The van der Waals surface area contributed by atoms with Gasteiger partial charge in [-0.1, -0.05) is 105 Å². The summed E-state index contributed by atoms with van der Waals surface area (Å²) in [6.45, 7) is 23.4. The van der Waals surface area contributed by atoms with Crippen LogP contribution in [0.2, 0.25) is 0 Å². The molecule has 32 nitrogen and oxygen atoms in total. The number of nitrogens with zero attached hydrogens (tertiary/aromatic N) is 11. The molecule has 18 heterocycles. The lowest BCUT2D eigenvalue weighted by Crippen LogP contribution is -2.45. The number of ether oxygens (including phenoxy) is 7. The Kier molecular flexibility index (Phi) is 23.4. The number of hydrogen-bond acceptors (Lipinski definition) is 28. The number of fused-ring (bicyclic) bond motifs is 22. The van der Waals surface area contributed by atoms with Crippen LogP contribution in [0.4, 0.5) is 5.69 Å². The largest absolute Gasteiger partial charge is 0.486 e. The third-order valence-electron chi connectivity index (χ3n) is 27.0. The van der Waals surface area contributed by atoms with Gasteiger partial charge in [0.1, 0.15) is 44.2 Å². The maximum Gasteiger partial charge on any atom is 0.343 e. The summed E-state index contributed by atoms with van der Waals surface area (Å²) in [6, 6.07) is 32.7. The third-order valence-corrected chi connectivity index (χ3v) is 27.0. The van der Waals surface area contributed by atoms with Crippen molar-refractivity contribution in [1.82, 2.24) is 48.4 Å². The minimum Gasteiger partial charge on any atom is -0.486 e. The number of likely N-dealkylation sites (N-methyl/N-ethyl adjacent to an activating group) is 1. The normalized spacial score (nSPS) is 20.1. The standard InChI is InChI=1S/C27H28N4O6.C25H25N3O5.C25H27N3O4.C21H16N2O5.3CH4/c1-3-27(34)18-11-20-23-16(13-31(20)25(32)17(18)14-37-26(27)33)24(30-6-4-29(2)5-7-30)15-10-21-22(12-19(15)28-23)36-9-8-35-21;1-5-25(31)18-10-20-21-16(12-28(20)22(29)17(18)13-32-23(25)30)15(11-26-33-24(2,3)4)14-8-6-7-9-19(14)27-21;1-4-25(31)19-11-21-22-17(12-28(21)23(29)18(19)13-32-24(25)30)15(9-10-26-14(2)3)16-7-5-6-8-20(16)27-22;1-2-21(26)13-6-15-19-11(8-23(15)20(25)12(13)5-18(21)24)3-10-4-16-17(28-9-27-16)7-14(10)22-19;;;/h10-12,34H,3-9,13-14H2,1-2H3;6-11,31H,5,12-13H2,1-4H3;5-8,11,14,26,31H,4,9-10,12-13H2,1-3H3;3-4,6-7,26H,2,5,8-9H2,1H3;3*1H4/b;26-11+;;;;;/t27-;2*25-;21-;;;/m0000.../s1. The van der Waals surface area contributed by atoms with Crippen molar-refractivity contribution < 1.29 is 77.6 Å². The van der Waals surface area contributed by atoms with Gasteiger partial charge in [0.15, 0.2) is 45.6 Å². The quantitative estimate of drug-likeness (QED) is 0.0347. The molecule has 1 aliphatic carbocycles. The topological polar surface area (TPSA) is 393 Å². The summed E-state index contributed by atoms with van der Waals surface area (Å²) in [4.78, 5) is 133. The highest BCUT2D eigenvalue weighted by Gasteiger charge is 2.51. The average Bonchev–Trinajstić information content (AvgIpc) is 1.58. The molecule has 5 N–H and O–H groups in total. The van der Waals surface area contributed by atoms with Gasteiger partial charge in [-0.15, -0.1) is 0 Å². The fourth-order valence-corrected chi connectivity index (χ4v) is 19.9. The fourth-order valence-electron chi connectivity index (χ4n) is 19.9. The van der Waals surface area contributed by atoms with E-state index in [9.17, 15) is 58.8 Å². The van der Waals surface area contributed by atoms with Gasteiger partial charge in [0.25, 0.3) is 22.2 Å². The van der Waals surface area contributed by atoms with Crippen molar-refractivity contribution in [3.05, 3.63) is 222 Å². The van der Waals surface area contributed by atoms with Gasteiger partial charge in [0.2, 0.25) is 6.79 Å². The highest BCUT2D eigenvalue weighted by atomic mass is 16.7. The van der Waals surface area contributed by atoms with Crippen LogP contribution in [0.5, 0.6) is 23.0 Å². The minimum atomic E-state index is -1.85. The number of Topliss-reactive ketones (excluding diaryl/α,β-unsaturated/α-hetero) is 1. The molecule has 133 heavy (non-hydrogen) atoms. The van der Waals surface area contributed by atoms with E-state index in [-0.39, 0.29) is 109 Å². The molecule has 0 radical (unpaired) electrons. The molecule has 12 aromatic rings. The molecule has 0 spiro atoms. The first-order chi connectivity index (χ1) is 62.4. The van der Waals surface area contributed by atoms with E-state index in [1.807, 2.05) is 93.6 Å². The molecule has 4 atom stereocenters. The number of esters is 3. The van der Waals surface area contributed by atoms with Crippen molar-refractivity contribution in [2.45, 2.75) is 203 Å². The van der Waals surface area contributed by atoms with E-state index in [2.05, 4.69) is 47.2 Å². The van der Waals surface area contributed by atoms with E-state index in [0.29, 0.717) is 153 Å². The number of anilines is 1. The van der Waals surface area contributed by atoms with Gasteiger partial charge in [-0.2, -0.15) is 0 Å². The summed E-state index contributed by atoms with van der Waals surface area (Å²) in [7, 11) is 2.12. The number of pyridine rings is 8. The first-order valence-corrected chi connectivity index (χ1v) is 44.1. The number of para-hydroxylation sites is 2. The molecule has 692 valence electrons. The first-order valence-electron chi connectivity index (χ1n) is 44.1. The van der Waals surface area contributed by atoms with Gasteiger partial charge in [-0.05, 0) is 127 Å². The summed E-state index contributed by atoms with van der Waals surface area (Å²) in [5.74, 6) is 0.203. The Morgan fingerprint density at radius 2 is 0.910 bits per heavy atom. The second kappa shape index (κ2) is 34.0. The van der Waals surface area contributed by atoms with Gasteiger partial charge in [-0.25, -0.2) is 34.3 Å². The van der Waals surface area contributed by atoms with Crippen LogP contribution in [-0.4, -0.2) is 165 Å². The van der Waals surface area contributed by atoms with E-state index in [4.69, 9.17) is 57.9 Å². The Labute approximate surface area is 765 Å². The Balaban J connectivity index is 0.000000123. The summed E-state index contributed by atoms with van der Waals surface area (Å²) < 4.78 is 44.8. The van der Waals surface area contributed by atoms with Crippen molar-refractivity contribution in [1.29, 1.82) is 0 Å². The number of aliphatic hydroxyl groups is 4. The van der Waals surface area contributed by atoms with E-state index in [1.54, 1.807) is 76.4 Å². The molecule has 1 saturated heterocycles. The predicted octanol–water partition coefficient (Wildman–Crippen LogP) is 11.2. The number of piperazine rings is 1. The highest BCUT2D eigenvalue weighted by molar-refractivity contribution is 6.04. The molecule has 32 heteroatoms. The minimum absolute atomic E-state index is 0. The lowest BCUT2D eigenvalue weighted by Gasteiger charge is -2.36. The number of cyclic esters (lactones) is 3. The van der Waals surface area contributed by atoms with E-state index in [0.717, 1.165) is 122 Å². The lowest BCUT2D eigenvalue weighted by atomic mass is 9.86. The Morgan fingerprint density at radius 1 is 0.474 bits per heavy atom. The summed E-state index contributed by atoms with van der Waals surface area (Å²) in [5.41, 5.74) is 9.32. The number of rotatable bonds is 11.